The summed E-state index contributed by atoms with van der Waals surface area (Å²) in [6, 6.07) is 21.0. The summed E-state index contributed by atoms with van der Waals surface area (Å²) in [6.45, 7) is 0.971. The van der Waals surface area contributed by atoms with Crippen LogP contribution < -0.4 is 14.8 Å². The molecule has 0 radical (unpaired) electrons. The van der Waals surface area contributed by atoms with Gasteiger partial charge in [0.2, 0.25) is 0 Å². The Morgan fingerprint density at radius 3 is 2.57 bits per heavy atom. The van der Waals surface area contributed by atoms with Crippen molar-refractivity contribution >= 4 is 40.4 Å². The Kier molecular flexibility index (Phi) is 7.15. The normalized spacial score (nSPS) is 10.4. The van der Waals surface area contributed by atoms with E-state index in [0.29, 0.717) is 28.2 Å². The van der Waals surface area contributed by atoms with Gasteiger partial charge >= 0.3 is 0 Å². The van der Waals surface area contributed by atoms with E-state index in [4.69, 9.17) is 44.9 Å². The molecule has 0 aliphatic rings. The Labute approximate surface area is 180 Å². The first-order chi connectivity index (χ1) is 13.6. The average molecular weight is 432 g/mol. The Morgan fingerprint density at radius 1 is 0.964 bits per heavy atom. The molecule has 0 fully saturated rings. The topological polar surface area (TPSA) is 30.5 Å². The quantitative estimate of drug-likeness (QED) is 0.461. The number of rotatable bonds is 7. The lowest BCUT2D eigenvalue weighted by Gasteiger charge is -2.12. The van der Waals surface area contributed by atoms with E-state index in [1.165, 1.54) is 0 Å². The van der Waals surface area contributed by atoms with Gasteiger partial charge in [-0.05, 0) is 35.9 Å². The minimum atomic E-state index is 0.391. The van der Waals surface area contributed by atoms with Gasteiger partial charge in [0, 0.05) is 17.7 Å². The van der Waals surface area contributed by atoms with Crippen LogP contribution in [0.15, 0.2) is 66.7 Å². The van der Waals surface area contributed by atoms with Gasteiger partial charge < -0.3 is 14.8 Å². The van der Waals surface area contributed by atoms with E-state index in [1.807, 2.05) is 54.6 Å². The predicted molar refractivity (Wildman–Crippen MR) is 119 cm³/mol. The molecule has 0 spiro atoms. The highest BCUT2D eigenvalue weighted by atomic mass is 35.5. The third-order valence-corrected chi connectivity index (χ3v) is 5.24. The van der Waals surface area contributed by atoms with E-state index in [1.54, 1.807) is 19.2 Å². The molecule has 3 aromatic carbocycles. The summed E-state index contributed by atoms with van der Waals surface area (Å²) < 4.78 is 11.2. The van der Waals surface area contributed by atoms with Gasteiger partial charge in [-0.25, -0.2) is 0 Å². The van der Waals surface area contributed by atoms with Crippen molar-refractivity contribution in [1.82, 2.24) is 5.32 Å². The van der Waals surface area contributed by atoms with Crippen molar-refractivity contribution in [2.24, 2.45) is 0 Å². The Bertz CT molecular complexity index is 978. The second-order valence-electron chi connectivity index (χ2n) is 6.06. The van der Waals surface area contributed by atoms with Crippen LogP contribution in [0.1, 0.15) is 16.7 Å². The minimum Gasteiger partial charge on any atom is -0.496 e. The highest BCUT2D eigenvalue weighted by molar-refractivity contribution is 7.80. The molecule has 3 rings (SSSR count). The molecule has 0 heterocycles. The fraction of sp³-hybridized carbons (Fsp3) is 0.136. The number of para-hydroxylation sites is 1. The third kappa shape index (κ3) is 5.38. The van der Waals surface area contributed by atoms with Crippen LogP contribution in [0.3, 0.4) is 0 Å². The molecule has 0 atom stereocenters. The first-order valence-corrected chi connectivity index (χ1v) is 9.80. The second kappa shape index (κ2) is 9.78. The maximum Gasteiger partial charge on any atom is 0.123 e. The Balaban J connectivity index is 1.61. The molecular weight excluding hydrogens is 413 g/mol. The van der Waals surface area contributed by atoms with Gasteiger partial charge in [-0.15, -0.1) is 0 Å². The van der Waals surface area contributed by atoms with E-state index in [0.717, 1.165) is 28.2 Å². The van der Waals surface area contributed by atoms with Gasteiger partial charge in [-0.1, -0.05) is 71.8 Å². The highest BCUT2D eigenvalue weighted by Gasteiger charge is 2.06. The van der Waals surface area contributed by atoms with E-state index in [2.05, 4.69) is 5.32 Å². The van der Waals surface area contributed by atoms with Crippen molar-refractivity contribution in [3.8, 4) is 11.5 Å². The first-order valence-electron chi connectivity index (χ1n) is 8.63. The number of thiocarbonyl (C=S) groups is 1. The lowest BCUT2D eigenvalue weighted by atomic mass is 10.1. The lowest BCUT2D eigenvalue weighted by molar-refractivity contribution is 0.306. The molecule has 3 nitrogen and oxygen atoms in total. The zero-order valence-corrected chi connectivity index (χ0v) is 17.6. The second-order valence-corrected chi connectivity index (χ2v) is 7.28. The smallest absolute Gasteiger partial charge is 0.123 e. The van der Waals surface area contributed by atoms with E-state index in [-0.39, 0.29) is 0 Å². The molecule has 1 N–H and O–H groups in total. The van der Waals surface area contributed by atoms with Crippen molar-refractivity contribution in [3.63, 3.8) is 0 Å². The number of nitrogens with one attached hydrogen (secondary N) is 1. The summed E-state index contributed by atoms with van der Waals surface area (Å²) in [5, 5.41) is 4.31. The molecule has 144 valence electrons. The third-order valence-electron chi connectivity index (χ3n) is 4.12. The largest absolute Gasteiger partial charge is 0.496 e. The number of benzene rings is 3. The van der Waals surface area contributed by atoms with Crippen LogP contribution >= 0.6 is 35.4 Å². The lowest BCUT2D eigenvalue weighted by Crippen LogP contribution is -2.22. The van der Waals surface area contributed by atoms with Crippen LogP contribution in [-0.2, 0) is 13.2 Å². The molecule has 0 unspecified atom stereocenters. The number of halogens is 2. The van der Waals surface area contributed by atoms with E-state index in [9.17, 15) is 0 Å². The molecule has 0 aliphatic heterocycles. The first kappa shape index (κ1) is 20.5. The number of methoxy groups -OCH3 is 1. The van der Waals surface area contributed by atoms with Crippen LogP contribution in [0.4, 0.5) is 0 Å². The van der Waals surface area contributed by atoms with Gasteiger partial charge in [0.25, 0.3) is 0 Å². The number of ether oxygens (including phenoxy) is 2. The van der Waals surface area contributed by atoms with Crippen LogP contribution in [0.25, 0.3) is 0 Å². The SMILES string of the molecule is COc1ccccc1CNC(=S)c1cccc(OCc2ccc(Cl)c(Cl)c2)c1. The average Bonchev–Trinajstić information content (AvgIpc) is 2.73. The molecular formula is C22H19Cl2NO2S. The van der Waals surface area contributed by atoms with Crippen molar-refractivity contribution in [3.05, 3.63) is 93.5 Å². The summed E-state index contributed by atoms with van der Waals surface area (Å²) in [7, 11) is 1.66. The molecule has 0 bridgehead atoms. The van der Waals surface area contributed by atoms with E-state index >= 15 is 0 Å². The zero-order valence-electron chi connectivity index (χ0n) is 15.2. The zero-order chi connectivity index (χ0) is 19.9. The van der Waals surface area contributed by atoms with Crippen LogP contribution in [0.5, 0.6) is 11.5 Å². The number of hydrogen-bond donors (Lipinski definition) is 1. The molecule has 0 aromatic heterocycles. The summed E-state index contributed by atoms with van der Waals surface area (Å²) in [5.41, 5.74) is 2.87. The van der Waals surface area contributed by atoms with Gasteiger partial charge in [-0.3, -0.25) is 0 Å². The molecule has 0 amide bonds. The van der Waals surface area contributed by atoms with E-state index < -0.39 is 0 Å². The highest BCUT2D eigenvalue weighted by Crippen LogP contribution is 2.24. The summed E-state index contributed by atoms with van der Waals surface area (Å²) in [6.07, 6.45) is 0. The molecule has 0 saturated heterocycles. The summed E-state index contributed by atoms with van der Waals surface area (Å²) >= 11 is 17.5. The van der Waals surface area contributed by atoms with Crippen LogP contribution in [-0.4, -0.2) is 12.1 Å². The summed E-state index contributed by atoms with van der Waals surface area (Å²) in [5.74, 6) is 1.56. The van der Waals surface area contributed by atoms with Crippen molar-refractivity contribution in [2.45, 2.75) is 13.2 Å². The standard InChI is InChI=1S/C22H19Cl2NO2S/c1-26-21-8-3-2-5-17(21)13-25-22(28)16-6-4-7-18(12-16)27-14-15-9-10-19(23)20(24)11-15/h2-12H,13-14H2,1H3,(H,25,28). The van der Waals surface area contributed by atoms with Gasteiger partial charge in [0.05, 0.1) is 17.2 Å². The Hall–Kier alpha value is -2.27. The maximum absolute atomic E-state index is 6.05. The van der Waals surface area contributed by atoms with Gasteiger partial charge in [0.1, 0.15) is 23.1 Å². The fourth-order valence-electron chi connectivity index (χ4n) is 2.65. The molecule has 28 heavy (non-hydrogen) atoms. The van der Waals surface area contributed by atoms with Crippen molar-refractivity contribution < 1.29 is 9.47 Å². The van der Waals surface area contributed by atoms with Crippen LogP contribution in [0, 0.1) is 0 Å². The molecule has 0 saturated carbocycles. The predicted octanol–water partition coefficient (Wildman–Crippen LogP) is 6.05. The summed E-state index contributed by atoms with van der Waals surface area (Å²) in [4.78, 5) is 0.644. The van der Waals surface area contributed by atoms with Crippen molar-refractivity contribution in [2.75, 3.05) is 7.11 Å². The maximum atomic E-state index is 6.05. The van der Waals surface area contributed by atoms with Gasteiger partial charge in [0.15, 0.2) is 0 Å². The van der Waals surface area contributed by atoms with Gasteiger partial charge in [-0.2, -0.15) is 0 Å². The Morgan fingerprint density at radius 2 is 1.79 bits per heavy atom. The van der Waals surface area contributed by atoms with Crippen molar-refractivity contribution in [1.29, 1.82) is 0 Å². The molecule has 3 aromatic rings. The monoisotopic (exact) mass is 431 g/mol. The minimum absolute atomic E-state index is 0.391. The molecule has 6 heteroatoms. The molecule has 0 aliphatic carbocycles. The number of hydrogen-bond acceptors (Lipinski definition) is 3. The fourth-order valence-corrected chi connectivity index (χ4v) is 3.17. The van der Waals surface area contributed by atoms with Crippen LogP contribution in [0.2, 0.25) is 10.0 Å².